The van der Waals surface area contributed by atoms with E-state index < -0.39 is 11.7 Å². The number of aromatic hydroxyl groups is 1. The predicted octanol–water partition coefficient (Wildman–Crippen LogP) is 4.21. The van der Waals surface area contributed by atoms with Gasteiger partial charge in [-0.2, -0.15) is 13.2 Å². The SMILES string of the molecule is COc1ccc(O)c(CN2CCCC(N3CCN(c4cccc(C(F)(F)F)c4)CC3)C2)c1. The molecule has 2 fully saturated rings. The van der Waals surface area contributed by atoms with Gasteiger partial charge in [0.1, 0.15) is 11.5 Å². The fourth-order valence-corrected chi connectivity index (χ4v) is 4.75. The van der Waals surface area contributed by atoms with Crippen molar-refractivity contribution in [3.63, 3.8) is 0 Å². The summed E-state index contributed by atoms with van der Waals surface area (Å²) in [7, 11) is 1.62. The molecule has 2 aromatic rings. The molecule has 2 aromatic carbocycles. The standard InChI is InChI=1S/C24H30F3N3O2/c1-32-22-7-8-23(31)18(14-22)16-28-9-3-6-21(17-28)30-12-10-29(11-13-30)20-5-2-4-19(15-20)24(25,26)27/h2,4-5,7-8,14-15,21,31H,3,6,9-13,16-17H2,1H3. The fraction of sp³-hybridized carbons (Fsp3) is 0.500. The molecule has 0 spiro atoms. The normalized spacial score (nSPS) is 21.0. The molecule has 8 heteroatoms. The fourth-order valence-electron chi connectivity index (χ4n) is 4.75. The first-order valence-electron chi connectivity index (χ1n) is 11.1. The average Bonchev–Trinajstić information content (AvgIpc) is 2.80. The Morgan fingerprint density at radius 3 is 2.53 bits per heavy atom. The molecule has 2 aliphatic rings. The largest absolute Gasteiger partial charge is 0.508 e. The molecule has 1 unspecified atom stereocenters. The molecule has 2 aliphatic heterocycles. The molecule has 1 atom stereocenters. The Balaban J connectivity index is 1.34. The summed E-state index contributed by atoms with van der Waals surface area (Å²) < 4.78 is 44.4. The Morgan fingerprint density at radius 1 is 1.03 bits per heavy atom. The van der Waals surface area contributed by atoms with Crippen molar-refractivity contribution in [2.45, 2.75) is 31.6 Å². The first-order chi connectivity index (χ1) is 15.3. The average molecular weight is 450 g/mol. The van der Waals surface area contributed by atoms with Crippen molar-refractivity contribution in [3.8, 4) is 11.5 Å². The first-order valence-corrected chi connectivity index (χ1v) is 11.1. The quantitative estimate of drug-likeness (QED) is 0.741. The van der Waals surface area contributed by atoms with E-state index in [-0.39, 0.29) is 5.75 Å². The van der Waals surface area contributed by atoms with Crippen LogP contribution in [0.5, 0.6) is 11.5 Å². The van der Waals surface area contributed by atoms with Crippen LogP contribution in [0.25, 0.3) is 0 Å². The summed E-state index contributed by atoms with van der Waals surface area (Å²) >= 11 is 0. The van der Waals surface area contributed by atoms with Crippen molar-refractivity contribution in [2.24, 2.45) is 0 Å². The van der Waals surface area contributed by atoms with E-state index in [0.29, 0.717) is 31.4 Å². The maximum atomic E-state index is 13.0. The molecule has 0 bridgehead atoms. The predicted molar refractivity (Wildman–Crippen MR) is 118 cm³/mol. The van der Waals surface area contributed by atoms with Crippen LogP contribution < -0.4 is 9.64 Å². The van der Waals surface area contributed by atoms with Crippen LogP contribution in [0.15, 0.2) is 42.5 Å². The van der Waals surface area contributed by atoms with Gasteiger partial charge in [0.25, 0.3) is 0 Å². The number of anilines is 1. The van der Waals surface area contributed by atoms with E-state index in [1.165, 1.54) is 12.1 Å². The van der Waals surface area contributed by atoms with Crippen LogP contribution in [0.3, 0.4) is 0 Å². The number of piperazine rings is 1. The summed E-state index contributed by atoms with van der Waals surface area (Å²) in [4.78, 5) is 6.87. The molecule has 0 radical (unpaired) electrons. The summed E-state index contributed by atoms with van der Waals surface area (Å²) in [6.45, 7) is 5.67. The molecule has 5 nitrogen and oxygen atoms in total. The van der Waals surface area contributed by atoms with Gasteiger partial charge in [-0.3, -0.25) is 9.80 Å². The molecule has 0 aromatic heterocycles. The van der Waals surface area contributed by atoms with Crippen LogP contribution in [-0.4, -0.2) is 67.3 Å². The van der Waals surface area contributed by atoms with Crippen molar-refractivity contribution in [2.75, 3.05) is 51.3 Å². The molecular formula is C24H30F3N3O2. The Kier molecular flexibility index (Phi) is 6.81. The number of likely N-dealkylation sites (tertiary alicyclic amines) is 1. The van der Waals surface area contributed by atoms with Crippen LogP contribution in [0.4, 0.5) is 18.9 Å². The Labute approximate surface area is 187 Å². The van der Waals surface area contributed by atoms with Crippen molar-refractivity contribution in [1.29, 1.82) is 0 Å². The third-order valence-electron chi connectivity index (χ3n) is 6.53. The number of nitrogens with zero attached hydrogens (tertiary/aromatic N) is 3. The number of hydrogen-bond donors (Lipinski definition) is 1. The van der Waals surface area contributed by atoms with Crippen molar-refractivity contribution in [1.82, 2.24) is 9.80 Å². The summed E-state index contributed by atoms with van der Waals surface area (Å²) in [5.74, 6) is 1.01. The van der Waals surface area contributed by atoms with Crippen molar-refractivity contribution in [3.05, 3.63) is 53.6 Å². The van der Waals surface area contributed by atoms with Crippen LogP contribution in [0, 0.1) is 0 Å². The Bertz CT molecular complexity index is 914. The third-order valence-corrected chi connectivity index (χ3v) is 6.53. The molecule has 2 heterocycles. The number of benzene rings is 2. The number of phenolic OH excluding ortho intramolecular Hbond substituents is 1. The first kappa shape index (κ1) is 22.7. The van der Waals surface area contributed by atoms with Gasteiger partial charge in [0, 0.05) is 56.6 Å². The number of methoxy groups -OCH3 is 1. The van der Waals surface area contributed by atoms with Gasteiger partial charge in [-0.15, -0.1) is 0 Å². The van der Waals surface area contributed by atoms with Gasteiger partial charge in [0.15, 0.2) is 0 Å². The second kappa shape index (κ2) is 9.58. The van der Waals surface area contributed by atoms with Crippen LogP contribution >= 0.6 is 0 Å². The number of alkyl halides is 3. The van der Waals surface area contributed by atoms with Gasteiger partial charge in [0.05, 0.1) is 12.7 Å². The van der Waals surface area contributed by atoms with Crippen molar-refractivity contribution < 1.29 is 23.0 Å². The number of piperidine rings is 1. The minimum Gasteiger partial charge on any atom is -0.508 e. The summed E-state index contributed by atoms with van der Waals surface area (Å²) in [5.41, 5.74) is 0.902. The highest BCUT2D eigenvalue weighted by atomic mass is 19.4. The summed E-state index contributed by atoms with van der Waals surface area (Å²) in [5, 5.41) is 10.2. The van der Waals surface area contributed by atoms with Gasteiger partial charge in [-0.25, -0.2) is 0 Å². The maximum absolute atomic E-state index is 13.0. The van der Waals surface area contributed by atoms with E-state index >= 15 is 0 Å². The lowest BCUT2D eigenvalue weighted by atomic mass is 10.0. The highest BCUT2D eigenvalue weighted by Gasteiger charge is 2.32. The number of rotatable bonds is 5. The number of ether oxygens (including phenoxy) is 1. The lowest BCUT2D eigenvalue weighted by molar-refractivity contribution is -0.137. The van der Waals surface area contributed by atoms with Gasteiger partial charge in [0.2, 0.25) is 0 Å². The lowest BCUT2D eigenvalue weighted by Gasteiger charge is -2.44. The maximum Gasteiger partial charge on any atom is 0.416 e. The third kappa shape index (κ3) is 5.30. The topological polar surface area (TPSA) is 39.2 Å². The molecule has 2 saturated heterocycles. The molecule has 0 saturated carbocycles. The van der Waals surface area contributed by atoms with Gasteiger partial charge in [-0.1, -0.05) is 6.07 Å². The zero-order valence-electron chi connectivity index (χ0n) is 18.3. The zero-order chi connectivity index (χ0) is 22.7. The molecule has 32 heavy (non-hydrogen) atoms. The molecule has 0 aliphatic carbocycles. The van der Waals surface area contributed by atoms with E-state index in [2.05, 4.69) is 9.80 Å². The molecule has 4 rings (SSSR count). The molecule has 0 amide bonds. The number of hydrogen-bond acceptors (Lipinski definition) is 5. The highest BCUT2D eigenvalue weighted by Crippen LogP contribution is 2.32. The second-order valence-electron chi connectivity index (χ2n) is 8.60. The van der Waals surface area contributed by atoms with Crippen LogP contribution in [-0.2, 0) is 12.7 Å². The summed E-state index contributed by atoms with van der Waals surface area (Å²) in [6, 6.07) is 11.3. The van der Waals surface area contributed by atoms with Gasteiger partial charge >= 0.3 is 6.18 Å². The van der Waals surface area contributed by atoms with E-state index in [1.807, 2.05) is 11.0 Å². The lowest BCUT2D eigenvalue weighted by Crippen LogP contribution is -2.55. The minimum absolute atomic E-state index is 0.280. The summed E-state index contributed by atoms with van der Waals surface area (Å²) in [6.07, 6.45) is -2.12. The van der Waals surface area contributed by atoms with Crippen LogP contribution in [0.1, 0.15) is 24.0 Å². The van der Waals surface area contributed by atoms with E-state index in [1.54, 1.807) is 25.3 Å². The Morgan fingerprint density at radius 2 is 1.81 bits per heavy atom. The van der Waals surface area contributed by atoms with E-state index in [4.69, 9.17) is 4.74 Å². The van der Waals surface area contributed by atoms with E-state index in [9.17, 15) is 18.3 Å². The van der Waals surface area contributed by atoms with E-state index in [0.717, 1.165) is 56.4 Å². The molecule has 174 valence electrons. The molecular weight excluding hydrogens is 419 g/mol. The van der Waals surface area contributed by atoms with Crippen molar-refractivity contribution >= 4 is 5.69 Å². The minimum atomic E-state index is -4.32. The number of halogens is 3. The Hall–Kier alpha value is -2.45. The van der Waals surface area contributed by atoms with Gasteiger partial charge < -0.3 is 14.7 Å². The van der Waals surface area contributed by atoms with Crippen LogP contribution in [0.2, 0.25) is 0 Å². The number of phenols is 1. The second-order valence-corrected chi connectivity index (χ2v) is 8.60. The van der Waals surface area contributed by atoms with Gasteiger partial charge in [-0.05, 0) is 55.8 Å². The smallest absolute Gasteiger partial charge is 0.416 e. The highest BCUT2D eigenvalue weighted by molar-refractivity contribution is 5.49. The molecule has 1 N–H and O–H groups in total. The zero-order valence-corrected chi connectivity index (χ0v) is 18.3. The monoisotopic (exact) mass is 449 g/mol.